The third-order valence-corrected chi connectivity index (χ3v) is 7.96. The SMILES string of the molecule is COc1cc(C)c2[nH]ccc2c1CN1CCC2(C[C@@H]1c1ccc(C(=O)NCC(F)(F)F)cc1)CC(F)(F)C2. The van der Waals surface area contributed by atoms with Crippen LogP contribution in [0.2, 0.25) is 0 Å². The molecule has 0 unspecified atom stereocenters. The molecule has 204 valence electrons. The number of halogens is 5. The lowest BCUT2D eigenvalue weighted by atomic mass is 9.59. The van der Waals surface area contributed by atoms with Gasteiger partial charge >= 0.3 is 6.18 Å². The standard InChI is InChI=1S/C28H30F5N3O2/c1-17-11-23(38-2)21(20-7-9-34-24(17)20)13-36-10-8-26(14-27(29,30)15-26)12-22(36)18-3-5-19(6-4-18)25(37)35-16-28(31,32)33/h3-7,9,11,22,34H,8,10,12-16H2,1-2H3,(H,35,37)/t22-/m1/s1. The number of aromatic nitrogens is 1. The number of piperidine rings is 1. The number of methoxy groups -OCH3 is 1. The van der Waals surface area contributed by atoms with E-state index in [2.05, 4.69) is 9.88 Å². The molecule has 5 rings (SSSR count). The van der Waals surface area contributed by atoms with Crippen molar-refractivity contribution >= 4 is 16.8 Å². The lowest BCUT2D eigenvalue weighted by Gasteiger charge is -2.54. The van der Waals surface area contributed by atoms with Crippen molar-refractivity contribution in [2.45, 2.75) is 57.3 Å². The number of hydrogen-bond donors (Lipinski definition) is 2. The van der Waals surface area contributed by atoms with Gasteiger partial charge < -0.3 is 15.0 Å². The normalized spacial score (nSPS) is 20.9. The second-order valence-electron chi connectivity index (χ2n) is 10.7. The number of fused-ring (bicyclic) bond motifs is 1. The van der Waals surface area contributed by atoms with E-state index in [0.29, 0.717) is 25.9 Å². The predicted octanol–water partition coefficient (Wildman–Crippen LogP) is 6.53. The van der Waals surface area contributed by atoms with E-state index in [-0.39, 0.29) is 24.4 Å². The Labute approximate surface area is 217 Å². The first-order valence-corrected chi connectivity index (χ1v) is 12.6. The van der Waals surface area contributed by atoms with Gasteiger partial charge in [-0.3, -0.25) is 9.69 Å². The van der Waals surface area contributed by atoms with E-state index in [1.807, 2.05) is 30.6 Å². The van der Waals surface area contributed by atoms with Gasteiger partial charge in [0.2, 0.25) is 5.92 Å². The number of alkyl halides is 5. The van der Waals surface area contributed by atoms with Gasteiger partial charge in [-0.05, 0) is 67.1 Å². The Morgan fingerprint density at radius 1 is 1.18 bits per heavy atom. The molecule has 1 atom stereocenters. The molecule has 1 amide bonds. The lowest BCUT2D eigenvalue weighted by molar-refractivity contribution is -0.186. The molecular formula is C28H30F5N3O2. The van der Waals surface area contributed by atoms with Crippen molar-refractivity contribution in [3.8, 4) is 5.75 Å². The summed E-state index contributed by atoms with van der Waals surface area (Å²) in [5.74, 6) is -2.71. The summed E-state index contributed by atoms with van der Waals surface area (Å²) < 4.78 is 71.1. The number of ether oxygens (including phenoxy) is 1. The van der Waals surface area contributed by atoms with Crippen molar-refractivity contribution in [2.75, 3.05) is 20.2 Å². The minimum Gasteiger partial charge on any atom is -0.496 e. The first-order valence-electron chi connectivity index (χ1n) is 12.6. The maximum absolute atomic E-state index is 14.0. The van der Waals surface area contributed by atoms with Gasteiger partial charge in [-0.25, -0.2) is 8.78 Å². The van der Waals surface area contributed by atoms with Crippen LogP contribution < -0.4 is 10.1 Å². The second kappa shape index (κ2) is 9.55. The Balaban J connectivity index is 1.43. The zero-order valence-electron chi connectivity index (χ0n) is 21.2. The summed E-state index contributed by atoms with van der Waals surface area (Å²) in [5.41, 5.74) is 3.56. The molecule has 2 heterocycles. The average Bonchev–Trinajstić information content (AvgIpc) is 3.34. The summed E-state index contributed by atoms with van der Waals surface area (Å²) in [7, 11) is 1.62. The highest BCUT2D eigenvalue weighted by atomic mass is 19.4. The molecular weight excluding hydrogens is 505 g/mol. The molecule has 10 heteroatoms. The van der Waals surface area contributed by atoms with Crippen LogP contribution in [0.4, 0.5) is 22.0 Å². The van der Waals surface area contributed by atoms with E-state index >= 15 is 0 Å². The van der Waals surface area contributed by atoms with Crippen molar-refractivity contribution in [3.63, 3.8) is 0 Å². The Morgan fingerprint density at radius 2 is 1.89 bits per heavy atom. The van der Waals surface area contributed by atoms with E-state index in [0.717, 1.165) is 33.3 Å². The number of rotatable bonds is 6. The summed E-state index contributed by atoms with van der Waals surface area (Å²) in [6.07, 6.45) is -1.72. The van der Waals surface area contributed by atoms with Crippen molar-refractivity contribution in [1.29, 1.82) is 0 Å². The number of carbonyl (C=O) groups excluding carboxylic acids is 1. The molecule has 2 aromatic carbocycles. The molecule has 1 saturated carbocycles. The zero-order chi connectivity index (χ0) is 27.3. The molecule has 1 aromatic heterocycles. The first kappa shape index (κ1) is 26.5. The maximum atomic E-state index is 14.0. The Morgan fingerprint density at radius 3 is 2.53 bits per heavy atom. The van der Waals surface area contributed by atoms with Gasteiger partial charge in [0.15, 0.2) is 0 Å². The Kier molecular flexibility index (Phi) is 6.65. The molecule has 1 aliphatic carbocycles. The molecule has 0 radical (unpaired) electrons. The van der Waals surface area contributed by atoms with Crippen molar-refractivity contribution in [1.82, 2.24) is 15.2 Å². The van der Waals surface area contributed by atoms with Crippen LogP contribution in [0.3, 0.4) is 0 Å². The third kappa shape index (κ3) is 5.23. The van der Waals surface area contributed by atoms with Gasteiger partial charge in [-0.15, -0.1) is 0 Å². The van der Waals surface area contributed by atoms with Crippen LogP contribution in [0.5, 0.6) is 5.75 Å². The Bertz CT molecular complexity index is 1320. The number of amides is 1. The summed E-state index contributed by atoms with van der Waals surface area (Å²) in [4.78, 5) is 17.7. The second-order valence-corrected chi connectivity index (χ2v) is 10.7. The molecule has 38 heavy (non-hydrogen) atoms. The van der Waals surface area contributed by atoms with Gasteiger partial charge in [0, 0.05) is 53.7 Å². The van der Waals surface area contributed by atoms with Gasteiger partial charge in [0.1, 0.15) is 12.3 Å². The van der Waals surface area contributed by atoms with Crippen LogP contribution >= 0.6 is 0 Å². The minimum atomic E-state index is -4.50. The monoisotopic (exact) mass is 535 g/mol. The average molecular weight is 536 g/mol. The fourth-order valence-corrected chi connectivity index (χ4v) is 6.19. The van der Waals surface area contributed by atoms with Crippen LogP contribution in [0.15, 0.2) is 42.6 Å². The summed E-state index contributed by atoms with van der Waals surface area (Å²) in [6, 6.07) is 10.2. The smallest absolute Gasteiger partial charge is 0.405 e. The van der Waals surface area contributed by atoms with Crippen LogP contribution in [-0.4, -0.2) is 48.1 Å². The van der Waals surface area contributed by atoms with Crippen LogP contribution in [0, 0.1) is 12.3 Å². The molecule has 3 aromatic rings. The maximum Gasteiger partial charge on any atom is 0.405 e. The lowest BCUT2D eigenvalue weighted by Crippen LogP contribution is -2.53. The minimum absolute atomic E-state index is 0.111. The molecule has 2 N–H and O–H groups in total. The largest absolute Gasteiger partial charge is 0.496 e. The van der Waals surface area contributed by atoms with Gasteiger partial charge in [0.05, 0.1) is 7.11 Å². The van der Waals surface area contributed by atoms with Crippen LogP contribution in [0.1, 0.15) is 58.8 Å². The fraction of sp³-hybridized carbons (Fsp3) is 0.464. The summed E-state index contributed by atoms with van der Waals surface area (Å²) >= 11 is 0. The van der Waals surface area contributed by atoms with E-state index in [1.54, 1.807) is 19.2 Å². The number of carbonyl (C=O) groups is 1. The number of H-pyrrole nitrogens is 1. The molecule has 1 saturated heterocycles. The fourth-order valence-electron chi connectivity index (χ4n) is 6.19. The van der Waals surface area contributed by atoms with Crippen LogP contribution in [-0.2, 0) is 6.54 Å². The highest BCUT2D eigenvalue weighted by Crippen LogP contribution is 2.60. The Hall–Kier alpha value is -3.14. The molecule has 5 nitrogen and oxygen atoms in total. The molecule has 1 aliphatic heterocycles. The number of nitrogens with one attached hydrogen (secondary N) is 2. The number of aromatic amines is 1. The summed E-state index contributed by atoms with van der Waals surface area (Å²) in [5, 5.41) is 2.91. The zero-order valence-corrected chi connectivity index (χ0v) is 21.2. The van der Waals surface area contributed by atoms with Gasteiger partial charge in [-0.1, -0.05) is 12.1 Å². The van der Waals surface area contributed by atoms with E-state index in [9.17, 15) is 26.7 Å². The van der Waals surface area contributed by atoms with E-state index in [1.165, 1.54) is 12.1 Å². The highest BCUT2D eigenvalue weighted by Gasteiger charge is 2.58. The van der Waals surface area contributed by atoms with Crippen LogP contribution in [0.25, 0.3) is 10.9 Å². The van der Waals surface area contributed by atoms with E-state index < -0.39 is 30.0 Å². The summed E-state index contributed by atoms with van der Waals surface area (Å²) in [6.45, 7) is 1.73. The van der Waals surface area contributed by atoms with Crippen molar-refractivity contribution in [3.05, 3.63) is 64.8 Å². The number of hydrogen-bond acceptors (Lipinski definition) is 3. The number of benzene rings is 2. The molecule has 1 spiro atoms. The molecule has 2 fully saturated rings. The van der Waals surface area contributed by atoms with Gasteiger partial charge in [-0.2, -0.15) is 13.2 Å². The first-order chi connectivity index (χ1) is 17.9. The predicted molar refractivity (Wildman–Crippen MR) is 133 cm³/mol. The number of nitrogens with zero attached hydrogens (tertiary/aromatic N) is 1. The highest BCUT2D eigenvalue weighted by molar-refractivity contribution is 5.94. The quantitative estimate of drug-likeness (QED) is 0.353. The number of likely N-dealkylation sites (tertiary alicyclic amines) is 1. The van der Waals surface area contributed by atoms with Gasteiger partial charge in [0.25, 0.3) is 5.91 Å². The molecule has 2 aliphatic rings. The molecule has 0 bridgehead atoms. The topological polar surface area (TPSA) is 57.4 Å². The van der Waals surface area contributed by atoms with Crippen molar-refractivity contribution in [2.24, 2.45) is 5.41 Å². The van der Waals surface area contributed by atoms with Crippen molar-refractivity contribution < 1.29 is 31.5 Å². The van der Waals surface area contributed by atoms with E-state index in [4.69, 9.17) is 4.74 Å². The third-order valence-electron chi connectivity index (χ3n) is 7.96. The number of aryl methyl sites for hydroxylation is 1.